The molecule has 1 aliphatic heterocycles. The first kappa shape index (κ1) is 9.83. The number of pyridine rings is 1. The zero-order valence-corrected chi connectivity index (χ0v) is 9.21. The van der Waals surface area contributed by atoms with E-state index in [1.807, 2.05) is 19.3 Å². The molecule has 1 amide bonds. The van der Waals surface area contributed by atoms with Gasteiger partial charge in [0.1, 0.15) is 6.04 Å². The molecule has 2 aromatic heterocycles. The first-order chi connectivity index (χ1) is 8.24. The van der Waals surface area contributed by atoms with Gasteiger partial charge in [-0.1, -0.05) is 0 Å². The zero-order chi connectivity index (χ0) is 11.8. The van der Waals surface area contributed by atoms with E-state index in [1.165, 1.54) is 0 Å². The Morgan fingerprint density at radius 1 is 1.47 bits per heavy atom. The molecule has 86 valence electrons. The maximum atomic E-state index is 11.9. The summed E-state index contributed by atoms with van der Waals surface area (Å²) in [4.78, 5) is 16.1. The van der Waals surface area contributed by atoms with Crippen molar-refractivity contribution in [3.63, 3.8) is 0 Å². The molecule has 6 nitrogen and oxygen atoms in total. The van der Waals surface area contributed by atoms with Crippen LogP contribution in [0.5, 0.6) is 0 Å². The molecule has 3 heterocycles. The highest BCUT2D eigenvalue weighted by molar-refractivity contribution is 6.02. The maximum absolute atomic E-state index is 11.9. The molecule has 0 saturated heterocycles. The molecule has 0 fully saturated rings. The predicted octanol–water partition coefficient (Wildman–Crippen LogP) is 0.920. The highest BCUT2D eigenvalue weighted by Crippen LogP contribution is 2.29. The fraction of sp³-hybridized carbons (Fsp3) is 0.182. The quantitative estimate of drug-likeness (QED) is 0.762. The molecule has 1 aliphatic rings. The summed E-state index contributed by atoms with van der Waals surface area (Å²) in [6, 6.07) is 3.16. The van der Waals surface area contributed by atoms with Crippen molar-refractivity contribution < 1.29 is 4.79 Å². The normalized spacial score (nSPS) is 18.2. The molecule has 3 rings (SSSR count). The number of nitrogens with zero attached hydrogens (tertiary/aromatic N) is 3. The average molecular weight is 229 g/mol. The van der Waals surface area contributed by atoms with Gasteiger partial charge in [-0.05, 0) is 12.1 Å². The molecule has 0 saturated carbocycles. The Hall–Kier alpha value is -2.37. The van der Waals surface area contributed by atoms with Gasteiger partial charge in [0.25, 0.3) is 5.91 Å². The van der Waals surface area contributed by atoms with E-state index in [1.54, 1.807) is 23.1 Å². The van der Waals surface area contributed by atoms with Crippen LogP contribution in [0.2, 0.25) is 0 Å². The number of aromatic nitrogens is 3. The largest absolute Gasteiger partial charge is 0.353 e. The lowest BCUT2D eigenvalue weighted by Crippen LogP contribution is -2.32. The molecule has 0 bridgehead atoms. The maximum Gasteiger partial charge on any atom is 0.251 e. The number of hydrogen-bond donors (Lipinski definition) is 2. The van der Waals surface area contributed by atoms with Gasteiger partial charge in [0.05, 0.1) is 11.9 Å². The second-order valence-corrected chi connectivity index (χ2v) is 3.91. The topological polar surface area (TPSA) is 71.8 Å². The standard InChI is InChI=1S/C11H11N5O/c1-16-6-7(5-13-16)9-11(17)14-8-3-2-4-12-10(8)15-9/h2-6,9H,1H3,(H,12,15)(H,14,17). The molecule has 1 atom stereocenters. The minimum atomic E-state index is -0.439. The number of rotatable bonds is 1. The molecule has 0 radical (unpaired) electrons. The van der Waals surface area contributed by atoms with Crippen LogP contribution in [0, 0.1) is 0 Å². The minimum Gasteiger partial charge on any atom is -0.353 e. The van der Waals surface area contributed by atoms with Crippen LogP contribution in [-0.4, -0.2) is 20.7 Å². The summed E-state index contributed by atoms with van der Waals surface area (Å²) >= 11 is 0. The minimum absolute atomic E-state index is 0.0986. The molecule has 6 heteroatoms. The fourth-order valence-electron chi connectivity index (χ4n) is 1.85. The third kappa shape index (κ3) is 1.63. The van der Waals surface area contributed by atoms with Gasteiger partial charge in [-0.2, -0.15) is 5.10 Å². The van der Waals surface area contributed by atoms with Crippen molar-refractivity contribution in [3.8, 4) is 0 Å². The number of fused-ring (bicyclic) bond motifs is 1. The summed E-state index contributed by atoms with van der Waals surface area (Å²) in [5.41, 5.74) is 1.53. The lowest BCUT2D eigenvalue weighted by molar-refractivity contribution is -0.117. The molecular formula is C11H11N5O. The Labute approximate surface area is 97.7 Å². The fourth-order valence-corrected chi connectivity index (χ4v) is 1.85. The van der Waals surface area contributed by atoms with E-state index in [0.717, 1.165) is 5.56 Å². The van der Waals surface area contributed by atoms with Gasteiger partial charge in [-0.3, -0.25) is 9.48 Å². The Morgan fingerprint density at radius 3 is 3.12 bits per heavy atom. The van der Waals surface area contributed by atoms with Crippen molar-refractivity contribution in [3.05, 3.63) is 36.3 Å². The molecule has 2 aromatic rings. The molecule has 2 N–H and O–H groups in total. The van der Waals surface area contributed by atoms with Crippen molar-refractivity contribution >= 4 is 17.4 Å². The molecule has 0 aliphatic carbocycles. The van der Waals surface area contributed by atoms with Gasteiger partial charge in [0.15, 0.2) is 5.82 Å². The van der Waals surface area contributed by atoms with Gasteiger partial charge < -0.3 is 10.6 Å². The number of aryl methyl sites for hydroxylation is 1. The van der Waals surface area contributed by atoms with E-state index in [2.05, 4.69) is 20.7 Å². The van der Waals surface area contributed by atoms with Crippen LogP contribution in [-0.2, 0) is 11.8 Å². The van der Waals surface area contributed by atoms with Crippen LogP contribution in [0.3, 0.4) is 0 Å². The average Bonchev–Trinajstić information content (AvgIpc) is 2.75. The Kier molecular flexibility index (Phi) is 2.07. The summed E-state index contributed by atoms with van der Waals surface area (Å²) in [7, 11) is 1.82. The number of anilines is 2. The zero-order valence-electron chi connectivity index (χ0n) is 9.21. The second-order valence-electron chi connectivity index (χ2n) is 3.91. The first-order valence-corrected chi connectivity index (χ1v) is 5.25. The third-order valence-corrected chi connectivity index (χ3v) is 2.67. The van der Waals surface area contributed by atoms with Crippen LogP contribution in [0.15, 0.2) is 30.7 Å². The molecule has 17 heavy (non-hydrogen) atoms. The van der Waals surface area contributed by atoms with E-state index in [9.17, 15) is 4.79 Å². The van der Waals surface area contributed by atoms with Crippen molar-refractivity contribution in [1.29, 1.82) is 0 Å². The van der Waals surface area contributed by atoms with Crippen molar-refractivity contribution in [2.45, 2.75) is 6.04 Å². The van der Waals surface area contributed by atoms with Crippen LogP contribution in [0.1, 0.15) is 11.6 Å². The molecule has 1 unspecified atom stereocenters. The number of hydrogen-bond acceptors (Lipinski definition) is 4. The Morgan fingerprint density at radius 2 is 2.35 bits per heavy atom. The van der Waals surface area contributed by atoms with Gasteiger partial charge in [-0.25, -0.2) is 4.98 Å². The lowest BCUT2D eigenvalue weighted by atomic mass is 10.1. The van der Waals surface area contributed by atoms with E-state index in [0.29, 0.717) is 11.5 Å². The lowest BCUT2D eigenvalue weighted by Gasteiger charge is -2.24. The number of nitrogens with one attached hydrogen (secondary N) is 2. The van der Waals surface area contributed by atoms with E-state index >= 15 is 0 Å². The Balaban J connectivity index is 1.97. The molecule has 0 spiro atoms. The smallest absolute Gasteiger partial charge is 0.251 e. The van der Waals surface area contributed by atoms with Gasteiger partial charge in [-0.15, -0.1) is 0 Å². The van der Waals surface area contributed by atoms with Gasteiger partial charge >= 0.3 is 0 Å². The Bertz CT molecular complexity index is 577. The molecular weight excluding hydrogens is 218 g/mol. The van der Waals surface area contributed by atoms with E-state index in [-0.39, 0.29) is 5.91 Å². The van der Waals surface area contributed by atoms with Crippen LogP contribution in [0.25, 0.3) is 0 Å². The highest BCUT2D eigenvalue weighted by Gasteiger charge is 2.28. The van der Waals surface area contributed by atoms with Gasteiger partial charge in [0.2, 0.25) is 0 Å². The SMILES string of the molecule is Cn1cc(C2Nc3ncccc3NC2=O)cn1. The summed E-state index contributed by atoms with van der Waals surface area (Å²) in [5, 5.41) is 9.98. The summed E-state index contributed by atoms with van der Waals surface area (Å²) in [6.07, 6.45) is 5.17. The van der Waals surface area contributed by atoms with Crippen LogP contribution >= 0.6 is 0 Å². The number of carbonyl (C=O) groups excluding carboxylic acids is 1. The van der Waals surface area contributed by atoms with Crippen molar-refractivity contribution in [2.75, 3.05) is 10.6 Å². The number of carbonyl (C=O) groups is 1. The van der Waals surface area contributed by atoms with Crippen molar-refractivity contribution in [1.82, 2.24) is 14.8 Å². The van der Waals surface area contributed by atoms with E-state index in [4.69, 9.17) is 0 Å². The third-order valence-electron chi connectivity index (χ3n) is 2.67. The number of amides is 1. The summed E-state index contributed by atoms with van der Waals surface area (Å²) in [5.74, 6) is 0.583. The monoisotopic (exact) mass is 229 g/mol. The van der Waals surface area contributed by atoms with Crippen LogP contribution < -0.4 is 10.6 Å². The van der Waals surface area contributed by atoms with E-state index < -0.39 is 6.04 Å². The first-order valence-electron chi connectivity index (χ1n) is 5.25. The molecule has 0 aromatic carbocycles. The highest BCUT2D eigenvalue weighted by atomic mass is 16.2. The van der Waals surface area contributed by atoms with Crippen molar-refractivity contribution in [2.24, 2.45) is 7.05 Å². The van der Waals surface area contributed by atoms with Gasteiger partial charge in [0, 0.05) is 25.0 Å². The van der Waals surface area contributed by atoms with Crippen LogP contribution in [0.4, 0.5) is 11.5 Å². The predicted molar refractivity (Wildman–Crippen MR) is 62.4 cm³/mol. The summed E-state index contributed by atoms with van der Waals surface area (Å²) in [6.45, 7) is 0. The second kappa shape index (κ2) is 3.58. The summed E-state index contributed by atoms with van der Waals surface area (Å²) < 4.78 is 1.66.